The fourth-order valence-electron chi connectivity index (χ4n) is 1.75. The summed E-state index contributed by atoms with van der Waals surface area (Å²) in [5, 5.41) is 0.00785. The van der Waals surface area contributed by atoms with Crippen LogP contribution in [0.3, 0.4) is 0 Å². The van der Waals surface area contributed by atoms with E-state index in [1.165, 1.54) is 37.1 Å². The maximum Gasteiger partial charge on any atom is 0.534 e. The lowest BCUT2D eigenvalue weighted by atomic mass is 10.2. The smallest absolute Gasteiger partial charge is 0.449 e. The first-order chi connectivity index (χ1) is 10.8. The minimum atomic E-state index is -5.87. The molecule has 0 N–H and O–H groups in total. The average Bonchev–Trinajstić information content (AvgIpc) is 2.85. The Morgan fingerprint density at radius 3 is 2.48 bits per heavy atom. The van der Waals surface area contributed by atoms with Crippen molar-refractivity contribution >= 4 is 21.1 Å². The third kappa shape index (κ3) is 2.70. The van der Waals surface area contributed by atoms with Crippen LogP contribution in [0.15, 0.2) is 41.5 Å². The fraction of sp³-hybridized carbons (Fsp3) is 0.0833. The van der Waals surface area contributed by atoms with Crippen molar-refractivity contribution in [2.45, 2.75) is 5.51 Å². The van der Waals surface area contributed by atoms with E-state index >= 15 is 0 Å². The number of hydrogen-bond donors (Lipinski definition) is 0. The Morgan fingerprint density at radius 2 is 1.83 bits per heavy atom. The van der Waals surface area contributed by atoms with Gasteiger partial charge in [-0.25, -0.2) is 4.98 Å². The summed E-state index contributed by atoms with van der Waals surface area (Å²) in [6.07, 6.45) is 6.26. The Kier molecular flexibility index (Phi) is 3.43. The Hall–Kier alpha value is -2.69. The highest BCUT2D eigenvalue weighted by molar-refractivity contribution is 7.88. The summed E-state index contributed by atoms with van der Waals surface area (Å²) in [6, 6.07) is 1.26. The van der Waals surface area contributed by atoms with Crippen molar-refractivity contribution in [1.82, 2.24) is 15.0 Å². The number of hydrogen-bond acceptors (Lipinski definition) is 7. The van der Waals surface area contributed by atoms with Crippen LogP contribution in [0.4, 0.5) is 13.2 Å². The van der Waals surface area contributed by atoms with E-state index in [2.05, 4.69) is 19.1 Å². The highest BCUT2D eigenvalue weighted by Crippen LogP contribution is 2.41. The topological polar surface area (TPSA) is 95.2 Å². The van der Waals surface area contributed by atoms with E-state index in [1.807, 2.05) is 0 Å². The van der Waals surface area contributed by atoms with E-state index in [9.17, 15) is 21.6 Å². The fourth-order valence-corrected chi connectivity index (χ4v) is 2.23. The molecule has 0 spiro atoms. The number of rotatable bonds is 3. The van der Waals surface area contributed by atoms with Crippen LogP contribution in [-0.4, -0.2) is 28.9 Å². The van der Waals surface area contributed by atoms with Gasteiger partial charge in [-0.05, 0) is 6.07 Å². The molecule has 0 amide bonds. The molecule has 11 heteroatoms. The summed E-state index contributed by atoms with van der Waals surface area (Å²) in [6.45, 7) is 0. The Balaban J connectivity index is 2.22. The zero-order chi connectivity index (χ0) is 16.7. The molecule has 3 heterocycles. The Labute approximate surface area is 126 Å². The summed E-state index contributed by atoms with van der Waals surface area (Å²) in [4.78, 5) is 11.4. The summed E-state index contributed by atoms with van der Waals surface area (Å²) < 4.78 is 69.9. The summed E-state index contributed by atoms with van der Waals surface area (Å²) in [5.41, 5.74) is -5.53. The predicted molar refractivity (Wildman–Crippen MR) is 70.6 cm³/mol. The normalized spacial score (nSPS) is 12.5. The molecule has 0 aliphatic rings. The lowest BCUT2D eigenvalue weighted by molar-refractivity contribution is -0.0499. The lowest BCUT2D eigenvalue weighted by Crippen LogP contribution is -2.28. The van der Waals surface area contributed by atoms with Crippen LogP contribution in [0, 0.1) is 0 Å². The molecule has 3 aromatic rings. The number of nitrogens with zero attached hydrogens (tertiary/aromatic N) is 3. The monoisotopic (exact) mass is 345 g/mol. The van der Waals surface area contributed by atoms with Crippen molar-refractivity contribution in [2.75, 3.05) is 0 Å². The number of aromatic nitrogens is 3. The summed E-state index contributed by atoms with van der Waals surface area (Å²) >= 11 is 0. The van der Waals surface area contributed by atoms with Gasteiger partial charge in [0.05, 0.1) is 17.8 Å². The maximum atomic E-state index is 12.6. The molecule has 0 aliphatic carbocycles. The molecule has 0 saturated carbocycles. The highest BCUT2D eigenvalue weighted by Gasteiger charge is 2.49. The van der Waals surface area contributed by atoms with Gasteiger partial charge >= 0.3 is 15.6 Å². The lowest BCUT2D eigenvalue weighted by Gasteiger charge is -2.09. The molecular weight excluding hydrogens is 339 g/mol. The maximum absolute atomic E-state index is 12.6. The second-order valence-corrected chi connectivity index (χ2v) is 5.74. The number of alkyl halides is 3. The first kappa shape index (κ1) is 15.2. The van der Waals surface area contributed by atoms with Gasteiger partial charge in [0.15, 0.2) is 17.1 Å². The van der Waals surface area contributed by atoms with Gasteiger partial charge in [-0.1, -0.05) is 0 Å². The van der Waals surface area contributed by atoms with Crippen molar-refractivity contribution in [3.8, 4) is 17.2 Å². The van der Waals surface area contributed by atoms with Crippen LogP contribution in [-0.2, 0) is 10.1 Å². The second kappa shape index (κ2) is 5.19. The quantitative estimate of drug-likeness (QED) is 0.531. The van der Waals surface area contributed by atoms with Crippen molar-refractivity contribution in [3.05, 3.63) is 37.1 Å². The SMILES string of the molecule is O=S(=O)(Oc1c(-c2cnccn2)oc2cnccc12)C(F)(F)F. The molecule has 3 rings (SSSR count). The largest absolute Gasteiger partial charge is 0.534 e. The molecule has 0 atom stereocenters. The van der Waals surface area contributed by atoms with E-state index in [0.717, 1.165) is 0 Å². The first-order valence-electron chi connectivity index (χ1n) is 5.93. The Bertz CT molecular complexity index is 955. The van der Waals surface area contributed by atoms with Gasteiger partial charge < -0.3 is 8.60 Å². The van der Waals surface area contributed by atoms with Crippen molar-refractivity contribution in [1.29, 1.82) is 0 Å². The zero-order valence-corrected chi connectivity index (χ0v) is 11.8. The van der Waals surface area contributed by atoms with Crippen LogP contribution in [0.1, 0.15) is 0 Å². The molecule has 0 radical (unpaired) electrons. The summed E-state index contributed by atoms with van der Waals surface area (Å²) in [5.74, 6) is -0.922. The van der Waals surface area contributed by atoms with E-state index < -0.39 is 21.4 Å². The molecule has 7 nitrogen and oxygen atoms in total. The van der Waals surface area contributed by atoms with Gasteiger partial charge in [0, 0.05) is 18.6 Å². The third-order valence-corrected chi connectivity index (χ3v) is 3.67. The second-order valence-electron chi connectivity index (χ2n) is 4.21. The van der Waals surface area contributed by atoms with Crippen LogP contribution in [0.5, 0.6) is 5.75 Å². The van der Waals surface area contributed by atoms with E-state index in [-0.39, 0.29) is 22.4 Å². The molecule has 0 fully saturated rings. The van der Waals surface area contributed by atoms with Crippen molar-refractivity contribution < 1.29 is 30.2 Å². The first-order valence-corrected chi connectivity index (χ1v) is 7.34. The molecule has 23 heavy (non-hydrogen) atoms. The van der Waals surface area contributed by atoms with E-state index in [0.29, 0.717) is 0 Å². The molecule has 3 aromatic heterocycles. The van der Waals surface area contributed by atoms with Gasteiger partial charge in [0.2, 0.25) is 0 Å². The van der Waals surface area contributed by atoms with Crippen LogP contribution < -0.4 is 4.18 Å². The standard InChI is InChI=1S/C12H6F3N3O4S/c13-12(14,15)23(19,20)22-10-7-1-2-16-6-9(7)21-11(10)8-5-17-3-4-18-8/h1-6H. The summed E-state index contributed by atoms with van der Waals surface area (Å²) in [7, 11) is -5.87. The number of halogens is 3. The molecule has 0 aliphatic heterocycles. The van der Waals surface area contributed by atoms with Gasteiger partial charge in [0.25, 0.3) is 0 Å². The number of furan rings is 1. The van der Waals surface area contributed by atoms with Gasteiger partial charge in [0.1, 0.15) is 5.69 Å². The van der Waals surface area contributed by atoms with Crippen molar-refractivity contribution in [2.24, 2.45) is 0 Å². The molecular formula is C12H6F3N3O4S. The molecule has 0 saturated heterocycles. The number of pyridine rings is 1. The number of fused-ring (bicyclic) bond motifs is 1. The average molecular weight is 345 g/mol. The van der Waals surface area contributed by atoms with Crippen LogP contribution >= 0.6 is 0 Å². The molecule has 0 bridgehead atoms. The predicted octanol–water partition coefficient (Wildman–Crippen LogP) is 2.51. The molecule has 0 aromatic carbocycles. The molecule has 0 unspecified atom stereocenters. The van der Waals surface area contributed by atoms with Crippen LogP contribution in [0.25, 0.3) is 22.4 Å². The third-order valence-electron chi connectivity index (χ3n) is 2.72. The zero-order valence-electron chi connectivity index (χ0n) is 11.0. The van der Waals surface area contributed by atoms with Gasteiger partial charge in [-0.3, -0.25) is 9.97 Å². The van der Waals surface area contributed by atoms with Crippen LogP contribution in [0.2, 0.25) is 0 Å². The van der Waals surface area contributed by atoms with Gasteiger partial charge in [-0.15, -0.1) is 0 Å². The highest BCUT2D eigenvalue weighted by atomic mass is 32.2. The molecule has 120 valence electrons. The minimum absolute atomic E-state index is 0.00785. The van der Waals surface area contributed by atoms with Gasteiger partial charge in [-0.2, -0.15) is 21.6 Å². The van der Waals surface area contributed by atoms with E-state index in [1.54, 1.807) is 0 Å². The minimum Gasteiger partial charge on any atom is -0.449 e. The van der Waals surface area contributed by atoms with E-state index in [4.69, 9.17) is 4.42 Å². The van der Waals surface area contributed by atoms with Crippen molar-refractivity contribution in [3.63, 3.8) is 0 Å². The Morgan fingerprint density at radius 1 is 1.09 bits per heavy atom.